The summed E-state index contributed by atoms with van der Waals surface area (Å²) in [6.07, 6.45) is 1.26. The molecule has 1 aliphatic rings. The number of carboxylic acids is 1. The summed E-state index contributed by atoms with van der Waals surface area (Å²) in [5.41, 5.74) is 5.08. The minimum Gasteiger partial charge on any atom is -0.480 e. The van der Waals surface area contributed by atoms with Crippen LogP contribution in [0, 0.1) is 0 Å². The van der Waals surface area contributed by atoms with Crippen molar-refractivity contribution in [2.75, 3.05) is 19.7 Å². The standard InChI is InChI=1S/C15H25N5O7/c16-11(22)4-3-9(20-14(25)8-2-1-5-17-8)13(24)18-6-12(23)19-10(7-21)15(26)27/h8-10,17,21H,1-7H2,(H2,16,22)(H,18,24)(H,19,23)(H,20,25)(H,26,27). The monoisotopic (exact) mass is 387 g/mol. The van der Waals surface area contributed by atoms with E-state index in [4.69, 9.17) is 15.9 Å². The molecule has 0 spiro atoms. The third-order valence-corrected chi connectivity index (χ3v) is 3.93. The average Bonchev–Trinajstić information content (AvgIpc) is 3.15. The molecule has 0 radical (unpaired) electrons. The quantitative estimate of drug-likeness (QED) is 0.187. The predicted molar refractivity (Wildman–Crippen MR) is 91.0 cm³/mol. The van der Waals surface area contributed by atoms with Crippen molar-refractivity contribution in [2.24, 2.45) is 5.73 Å². The first-order valence-electron chi connectivity index (χ1n) is 8.47. The van der Waals surface area contributed by atoms with Crippen molar-refractivity contribution in [3.63, 3.8) is 0 Å². The molecule has 0 saturated carbocycles. The molecule has 3 atom stereocenters. The van der Waals surface area contributed by atoms with Gasteiger partial charge >= 0.3 is 5.97 Å². The number of nitrogens with two attached hydrogens (primary N) is 1. The van der Waals surface area contributed by atoms with Crippen LogP contribution < -0.4 is 27.0 Å². The van der Waals surface area contributed by atoms with Gasteiger partial charge in [0.05, 0.1) is 19.2 Å². The van der Waals surface area contributed by atoms with Crippen molar-refractivity contribution < 1.29 is 34.2 Å². The van der Waals surface area contributed by atoms with Gasteiger partial charge in [-0.3, -0.25) is 19.2 Å². The number of rotatable bonds is 11. The van der Waals surface area contributed by atoms with Crippen molar-refractivity contribution in [3.05, 3.63) is 0 Å². The van der Waals surface area contributed by atoms with Gasteiger partial charge in [0.15, 0.2) is 0 Å². The van der Waals surface area contributed by atoms with E-state index in [1.165, 1.54) is 0 Å². The number of aliphatic hydroxyl groups excluding tert-OH is 1. The Morgan fingerprint density at radius 2 is 1.85 bits per heavy atom. The summed E-state index contributed by atoms with van der Waals surface area (Å²) in [5, 5.41) is 27.4. The molecule has 1 rings (SSSR count). The van der Waals surface area contributed by atoms with E-state index in [2.05, 4.69) is 16.0 Å². The molecular weight excluding hydrogens is 362 g/mol. The molecule has 27 heavy (non-hydrogen) atoms. The van der Waals surface area contributed by atoms with E-state index >= 15 is 0 Å². The second-order valence-electron chi connectivity index (χ2n) is 6.07. The summed E-state index contributed by atoms with van der Waals surface area (Å²) >= 11 is 0. The Bertz CT molecular complexity index is 577. The smallest absolute Gasteiger partial charge is 0.328 e. The van der Waals surface area contributed by atoms with Gasteiger partial charge in [0.2, 0.25) is 23.6 Å². The topological polar surface area (TPSA) is 200 Å². The maximum atomic E-state index is 12.3. The van der Waals surface area contributed by atoms with E-state index < -0.39 is 60.9 Å². The zero-order valence-corrected chi connectivity index (χ0v) is 14.7. The zero-order valence-electron chi connectivity index (χ0n) is 14.7. The lowest BCUT2D eigenvalue weighted by Crippen LogP contribution is -2.53. The van der Waals surface area contributed by atoms with Gasteiger partial charge in [-0.1, -0.05) is 0 Å². The molecule has 1 heterocycles. The molecule has 0 aromatic rings. The minimum atomic E-state index is -1.49. The molecule has 0 aliphatic carbocycles. The maximum absolute atomic E-state index is 12.3. The number of aliphatic carboxylic acids is 1. The molecule has 3 unspecified atom stereocenters. The average molecular weight is 387 g/mol. The molecule has 1 fully saturated rings. The first kappa shape index (κ1) is 22.3. The highest BCUT2D eigenvalue weighted by Gasteiger charge is 2.28. The Hall–Kier alpha value is -2.73. The molecule has 152 valence electrons. The maximum Gasteiger partial charge on any atom is 0.328 e. The Morgan fingerprint density at radius 3 is 2.37 bits per heavy atom. The number of carbonyl (C=O) groups is 5. The molecule has 1 saturated heterocycles. The predicted octanol–water partition coefficient (Wildman–Crippen LogP) is -3.83. The van der Waals surface area contributed by atoms with Crippen molar-refractivity contribution in [1.29, 1.82) is 0 Å². The van der Waals surface area contributed by atoms with E-state index in [0.717, 1.165) is 6.42 Å². The van der Waals surface area contributed by atoms with Gasteiger partial charge in [0.1, 0.15) is 12.1 Å². The fourth-order valence-corrected chi connectivity index (χ4v) is 2.46. The summed E-state index contributed by atoms with van der Waals surface area (Å²) < 4.78 is 0. The molecular formula is C15H25N5O7. The molecule has 0 aromatic carbocycles. The van der Waals surface area contributed by atoms with Gasteiger partial charge in [0, 0.05) is 6.42 Å². The number of hydrogen-bond acceptors (Lipinski definition) is 7. The van der Waals surface area contributed by atoms with Crippen LogP contribution in [0.4, 0.5) is 0 Å². The lowest BCUT2D eigenvalue weighted by Gasteiger charge is -2.20. The van der Waals surface area contributed by atoms with Crippen LogP contribution in [0.2, 0.25) is 0 Å². The van der Waals surface area contributed by atoms with Crippen LogP contribution in [0.3, 0.4) is 0 Å². The highest BCUT2D eigenvalue weighted by molar-refractivity contribution is 5.93. The van der Waals surface area contributed by atoms with Crippen LogP contribution in [0.15, 0.2) is 0 Å². The van der Waals surface area contributed by atoms with Crippen LogP contribution in [0.25, 0.3) is 0 Å². The lowest BCUT2D eigenvalue weighted by atomic mass is 10.1. The second-order valence-corrected chi connectivity index (χ2v) is 6.07. The Balaban J connectivity index is 2.58. The summed E-state index contributed by atoms with van der Waals surface area (Å²) in [6, 6.07) is -3.00. The Kier molecular flexibility index (Phi) is 9.16. The van der Waals surface area contributed by atoms with Gasteiger partial charge in [-0.2, -0.15) is 0 Å². The van der Waals surface area contributed by atoms with E-state index in [9.17, 15) is 24.0 Å². The molecule has 12 nitrogen and oxygen atoms in total. The third-order valence-electron chi connectivity index (χ3n) is 3.93. The fraction of sp³-hybridized carbons (Fsp3) is 0.667. The minimum absolute atomic E-state index is 0.0460. The van der Waals surface area contributed by atoms with Gasteiger partial charge in [-0.05, 0) is 25.8 Å². The summed E-state index contributed by atoms with van der Waals surface area (Å²) in [6.45, 7) is -0.681. The van der Waals surface area contributed by atoms with Crippen molar-refractivity contribution in [1.82, 2.24) is 21.3 Å². The molecule has 0 aromatic heterocycles. The molecule has 12 heteroatoms. The normalized spacial score (nSPS) is 18.2. The SMILES string of the molecule is NC(=O)CCC(NC(=O)C1CCCN1)C(=O)NCC(=O)NC(CO)C(=O)O. The third kappa shape index (κ3) is 8.00. The van der Waals surface area contributed by atoms with Crippen LogP contribution in [-0.2, 0) is 24.0 Å². The molecule has 1 aliphatic heterocycles. The van der Waals surface area contributed by atoms with E-state index in [-0.39, 0.29) is 12.8 Å². The van der Waals surface area contributed by atoms with Gasteiger partial charge in [0.25, 0.3) is 0 Å². The van der Waals surface area contributed by atoms with E-state index in [1.807, 2.05) is 5.32 Å². The van der Waals surface area contributed by atoms with Crippen molar-refractivity contribution >= 4 is 29.6 Å². The zero-order chi connectivity index (χ0) is 20.4. The van der Waals surface area contributed by atoms with E-state index in [1.54, 1.807) is 0 Å². The number of aliphatic hydroxyl groups is 1. The first-order valence-corrected chi connectivity index (χ1v) is 8.47. The Labute approximate surface area is 155 Å². The number of carbonyl (C=O) groups excluding carboxylic acids is 4. The molecule has 0 bridgehead atoms. The lowest BCUT2D eigenvalue weighted by molar-refractivity contribution is -0.142. The summed E-state index contributed by atoms with van der Waals surface area (Å²) in [5.74, 6) is -4.01. The summed E-state index contributed by atoms with van der Waals surface area (Å²) in [4.78, 5) is 57.8. The number of amides is 4. The number of primary amides is 1. The molecule has 4 amide bonds. The highest BCUT2D eigenvalue weighted by Crippen LogP contribution is 2.06. The first-order chi connectivity index (χ1) is 12.7. The number of carboxylic acid groups (broad SMARTS) is 1. The highest BCUT2D eigenvalue weighted by atomic mass is 16.4. The largest absolute Gasteiger partial charge is 0.480 e. The van der Waals surface area contributed by atoms with Crippen LogP contribution in [-0.4, -0.2) is 77.6 Å². The Morgan fingerprint density at radius 1 is 1.15 bits per heavy atom. The van der Waals surface area contributed by atoms with Crippen LogP contribution in [0.5, 0.6) is 0 Å². The van der Waals surface area contributed by atoms with Crippen molar-refractivity contribution in [3.8, 4) is 0 Å². The number of hydrogen-bond donors (Lipinski definition) is 7. The van der Waals surface area contributed by atoms with Crippen LogP contribution in [0.1, 0.15) is 25.7 Å². The van der Waals surface area contributed by atoms with Crippen LogP contribution >= 0.6 is 0 Å². The fourth-order valence-electron chi connectivity index (χ4n) is 2.46. The summed E-state index contributed by atoms with van der Waals surface area (Å²) in [7, 11) is 0. The second kappa shape index (κ2) is 11.1. The number of nitrogens with one attached hydrogen (secondary N) is 4. The van der Waals surface area contributed by atoms with Gasteiger partial charge in [-0.15, -0.1) is 0 Å². The molecule has 8 N–H and O–H groups in total. The van der Waals surface area contributed by atoms with Gasteiger partial charge < -0.3 is 37.2 Å². The van der Waals surface area contributed by atoms with Crippen molar-refractivity contribution in [2.45, 2.75) is 43.8 Å². The van der Waals surface area contributed by atoms with E-state index in [0.29, 0.717) is 13.0 Å². The van der Waals surface area contributed by atoms with Gasteiger partial charge in [-0.25, -0.2) is 4.79 Å².